The molecular weight excluding hydrogens is 525 g/mol. The molecular formula is C28H33F3N6O3. The maximum atomic E-state index is 15.0. The normalized spacial score (nSPS) is 19.2. The third kappa shape index (κ3) is 5.35. The number of hydrogen-bond donors (Lipinski definition) is 2. The molecule has 2 aromatic heterocycles. The van der Waals surface area contributed by atoms with Crippen molar-refractivity contribution in [1.29, 1.82) is 0 Å². The minimum atomic E-state index is -4.83. The lowest BCUT2D eigenvalue weighted by atomic mass is 9.80. The number of aromatic carboxylic acids is 1. The molecule has 1 aromatic carbocycles. The quantitative estimate of drug-likeness (QED) is 0.392. The number of anilines is 1. The summed E-state index contributed by atoms with van der Waals surface area (Å²) >= 11 is 0. The van der Waals surface area contributed by atoms with Crippen molar-refractivity contribution in [2.75, 3.05) is 18.4 Å². The van der Waals surface area contributed by atoms with Gasteiger partial charge in [-0.15, -0.1) is 0 Å². The molecule has 0 spiro atoms. The number of benzene rings is 1. The number of carbonyl (C=O) groups is 2. The summed E-state index contributed by atoms with van der Waals surface area (Å²) in [5.74, 6) is -2.99. The van der Waals surface area contributed by atoms with E-state index in [1.54, 1.807) is 6.07 Å². The van der Waals surface area contributed by atoms with E-state index in [9.17, 15) is 27.9 Å². The summed E-state index contributed by atoms with van der Waals surface area (Å²) in [5.41, 5.74) is -0.737. The number of nitrogens with one attached hydrogen (secondary N) is 1. The molecule has 40 heavy (non-hydrogen) atoms. The molecule has 1 aliphatic carbocycles. The van der Waals surface area contributed by atoms with Crippen LogP contribution in [0.25, 0.3) is 11.2 Å². The van der Waals surface area contributed by atoms with Gasteiger partial charge in [-0.1, -0.05) is 50.6 Å². The molecule has 2 fully saturated rings. The Labute approximate surface area is 229 Å². The van der Waals surface area contributed by atoms with Crippen LogP contribution in [0.3, 0.4) is 0 Å². The third-order valence-corrected chi connectivity index (χ3v) is 8.02. The number of carboxylic acid groups (broad SMARTS) is 1. The SMILES string of the molecule is CC(Nc1nc(C(=O)O)nc2nc(C(=O)N3CCCC(C)(C)C3)n([C@H](c3ccccc3)C(F)(F)F)c12)C1CCC1. The van der Waals surface area contributed by atoms with Crippen LogP contribution >= 0.6 is 0 Å². The fourth-order valence-corrected chi connectivity index (χ4v) is 5.73. The highest BCUT2D eigenvalue weighted by atomic mass is 19.4. The molecule has 9 nitrogen and oxygen atoms in total. The monoisotopic (exact) mass is 558 g/mol. The summed E-state index contributed by atoms with van der Waals surface area (Å²) in [7, 11) is 0. The summed E-state index contributed by atoms with van der Waals surface area (Å²) in [5, 5.41) is 12.8. The number of hydrogen-bond acceptors (Lipinski definition) is 6. The Bertz CT molecular complexity index is 1420. The molecule has 2 aliphatic rings. The molecule has 3 aromatic rings. The number of likely N-dealkylation sites (tertiary alicyclic amines) is 1. The van der Waals surface area contributed by atoms with E-state index < -0.39 is 35.7 Å². The van der Waals surface area contributed by atoms with Crippen LogP contribution in [0.15, 0.2) is 30.3 Å². The number of aromatic nitrogens is 4. The number of nitrogens with zero attached hydrogens (tertiary/aromatic N) is 5. The summed E-state index contributed by atoms with van der Waals surface area (Å²) in [6.45, 7) is 6.63. The Morgan fingerprint density at radius 2 is 1.80 bits per heavy atom. The second-order valence-corrected chi connectivity index (χ2v) is 11.7. The number of carbonyl (C=O) groups excluding carboxylic acids is 1. The van der Waals surface area contributed by atoms with Crippen LogP contribution in [0.2, 0.25) is 0 Å². The lowest BCUT2D eigenvalue weighted by molar-refractivity contribution is -0.156. The smallest absolute Gasteiger partial charge is 0.413 e. The Kier molecular flexibility index (Phi) is 7.22. The molecule has 3 heterocycles. The molecule has 1 amide bonds. The van der Waals surface area contributed by atoms with Gasteiger partial charge in [0.25, 0.3) is 5.91 Å². The highest BCUT2D eigenvalue weighted by Gasteiger charge is 2.46. The number of rotatable bonds is 7. The van der Waals surface area contributed by atoms with Gasteiger partial charge in [-0.05, 0) is 49.5 Å². The highest BCUT2D eigenvalue weighted by Crippen LogP contribution is 2.41. The fraction of sp³-hybridized carbons (Fsp3) is 0.536. The predicted molar refractivity (Wildman–Crippen MR) is 142 cm³/mol. The van der Waals surface area contributed by atoms with Crippen LogP contribution in [-0.2, 0) is 0 Å². The van der Waals surface area contributed by atoms with Crippen molar-refractivity contribution < 1.29 is 27.9 Å². The average Bonchev–Trinajstić information content (AvgIpc) is 3.21. The van der Waals surface area contributed by atoms with E-state index in [0.717, 1.165) is 30.3 Å². The Morgan fingerprint density at radius 1 is 1.10 bits per heavy atom. The summed E-state index contributed by atoms with van der Waals surface area (Å²) < 4.78 is 45.8. The molecule has 1 aliphatic heterocycles. The fourth-order valence-electron chi connectivity index (χ4n) is 5.73. The lowest BCUT2D eigenvalue weighted by Gasteiger charge is -2.38. The topological polar surface area (TPSA) is 113 Å². The molecule has 1 saturated heterocycles. The lowest BCUT2D eigenvalue weighted by Crippen LogP contribution is -2.45. The van der Waals surface area contributed by atoms with Crippen LogP contribution in [0.1, 0.15) is 85.7 Å². The standard InChI is InChI=1S/C28H33F3N6O3/c1-16(17-11-7-12-17)32-21-19-22(34-23(33-21)26(39)40)35-24(25(38)36-14-8-13-27(2,3)15-36)37(19)20(28(29,30)31)18-9-5-4-6-10-18/h4-6,9-10,16-17,20H,7-8,11-15H2,1-3H3,(H,39,40)(H,32,33,34)/t16?,20-/m1/s1. The van der Waals surface area contributed by atoms with Gasteiger partial charge in [-0.2, -0.15) is 13.2 Å². The molecule has 0 radical (unpaired) electrons. The van der Waals surface area contributed by atoms with Gasteiger partial charge in [0.15, 0.2) is 17.5 Å². The number of amides is 1. The number of fused-ring (bicyclic) bond motifs is 1. The summed E-state index contributed by atoms with van der Waals surface area (Å²) in [6.07, 6.45) is -0.317. The van der Waals surface area contributed by atoms with Gasteiger partial charge >= 0.3 is 12.1 Å². The van der Waals surface area contributed by atoms with Gasteiger partial charge in [0.05, 0.1) is 0 Å². The van der Waals surface area contributed by atoms with Gasteiger partial charge in [0, 0.05) is 19.1 Å². The van der Waals surface area contributed by atoms with E-state index in [2.05, 4.69) is 20.3 Å². The molecule has 2 N–H and O–H groups in total. The molecule has 214 valence electrons. The zero-order chi connectivity index (χ0) is 28.8. The largest absolute Gasteiger partial charge is 0.475 e. The third-order valence-electron chi connectivity index (χ3n) is 8.02. The van der Waals surface area contributed by atoms with Crippen molar-refractivity contribution in [2.45, 2.75) is 71.1 Å². The van der Waals surface area contributed by atoms with Gasteiger partial charge in [-0.25, -0.2) is 19.7 Å². The number of piperidine rings is 1. The van der Waals surface area contributed by atoms with Crippen LogP contribution < -0.4 is 5.32 Å². The molecule has 0 bridgehead atoms. The van der Waals surface area contributed by atoms with E-state index in [0.29, 0.717) is 19.5 Å². The first kappa shape index (κ1) is 27.9. The van der Waals surface area contributed by atoms with Crippen molar-refractivity contribution >= 4 is 28.9 Å². The van der Waals surface area contributed by atoms with Crippen LogP contribution in [0, 0.1) is 11.3 Å². The van der Waals surface area contributed by atoms with Crippen molar-refractivity contribution in [1.82, 2.24) is 24.4 Å². The minimum Gasteiger partial charge on any atom is -0.475 e. The van der Waals surface area contributed by atoms with E-state index >= 15 is 0 Å². The molecule has 1 saturated carbocycles. The van der Waals surface area contributed by atoms with E-state index in [1.165, 1.54) is 29.2 Å². The number of alkyl halides is 3. The van der Waals surface area contributed by atoms with Crippen molar-refractivity contribution in [3.8, 4) is 0 Å². The average molecular weight is 559 g/mol. The zero-order valence-corrected chi connectivity index (χ0v) is 22.7. The van der Waals surface area contributed by atoms with Crippen LogP contribution in [-0.4, -0.2) is 66.7 Å². The number of carboxylic acids is 1. The summed E-state index contributed by atoms with van der Waals surface area (Å²) in [4.78, 5) is 39.8. The van der Waals surface area contributed by atoms with Gasteiger partial charge in [-0.3, -0.25) is 9.36 Å². The maximum Gasteiger partial charge on any atom is 0.413 e. The van der Waals surface area contributed by atoms with Crippen molar-refractivity contribution in [2.24, 2.45) is 11.3 Å². The van der Waals surface area contributed by atoms with E-state index in [4.69, 9.17) is 0 Å². The van der Waals surface area contributed by atoms with Crippen LogP contribution in [0.5, 0.6) is 0 Å². The van der Waals surface area contributed by atoms with E-state index in [1.807, 2.05) is 20.8 Å². The molecule has 12 heteroatoms. The van der Waals surface area contributed by atoms with Gasteiger partial charge < -0.3 is 15.3 Å². The zero-order valence-electron chi connectivity index (χ0n) is 22.7. The molecule has 1 unspecified atom stereocenters. The molecule has 5 rings (SSSR count). The highest BCUT2D eigenvalue weighted by molar-refractivity contribution is 5.98. The number of imidazole rings is 1. The van der Waals surface area contributed by atoms with Gasteiger partial charge in [0.2, 0.25) is 11.6 Å². The second kappa shape index (κ2) is 10.4. The minimum absolute atomic E-state index is 0.0856. The molecule has 2 atom stereocenters. The van der Waals surface area contributed by atoms with Gasteiger partial charge in [0.1, 0.15) is 5.52 Å². The first-order valence-corrected chi connectivity index (χ1v) is 13.6. The predicted octanol–water partition coefficient (Wildman–Crippen LogP) is 5.54. The van der Waals surface area contributed by atoms with Crippen molar-refractivity contribution in [3.63, 3.8) is 0 Å². The first-order chi connectivity index (χ1) is 18.9. The van der Waals surface area contributed by atoms with Crippen molar-refractivity contribution in [3.05, 3.63) is 47.5 Å². The Balaban J connectivity index is 1.77. The summed E-state index contributed by atoms with van der Waals surface area (Å²) in [6, 6.07) is 4.82. The van der Waals surface area contributed by atoms with E-state index in [-0.39, 0.29) is 39.9 Å². The Morgan fingerprint density at radius 3 is 2.38 bits per heavy atom. The number of halogens is 3. The second-order valence-electron chi connectivity index (χ2n) is 11.7. The van der Waals surface area contributed by atoms with Crippen LogP contribution in [0.4, 0.5) is 19.0 Å². The Hall–Kier alpha value is -3.70. The first-order valence-electron chi connectivity index (χ1n) is 13.6. The maximum absolute atomic E-state index is 15.0.